The number of esters is 1. The van der Waals surface area contributed by atoms with Crippen molar-refractivity contribution in [2.75, 3.05) is 0 Å². The van der Waals surface area contributed by atoms with E-state index in [9.17, 15) is 9.18 Å². The number of carbonyl (C=O) groups excluding carboxylic acids is 1. The van der Waals surface area contributed by atoms with Crippen molar-refractivity contribution in [1.29, 1.82) is 0 Å². The molecule has 0 aromatic carbocycles. The molecular formula is C23H35FO2. The molecule has 0 radical (unpaired) electrons. The molecule has 3 heteroatoms. The molecule has 3 rings (SSSR count). The number of alkyl halides is 1. The van der Waals surface area contributed by atoms with E-state index in [1.165, 1.54) is 32.1 Å². The maximum atomic E-state index is 13.2. The Kier molecular flexibility index (Phi) is 7.41. The third kappa shape index (κ3) is 5.73. The third-order valence-electron chi connectivity index (χ3n) is 6.86. The van der Waals surface area contributed by atoms with E-state index >= 15 is 0 Å². The van der Waals surface area contributed by atoms with Crippen LogP contribution in [0.15, 0.2) is 0 Å². The smallest absolute Gasteiger partial charge is 0.309 e. The van der Waals surface area contributed by atoms with Gasteiger partial charge in [-0.15, -0.1) is 0 Å². The Hall–Kier alpha value is -1.04. The fourth-order valence-corrected chi connectivity index (χ4v) is 4.82. The maximum Gasteiger partial charge on any atom is 0.309 e. The molecule has 0 saturated heterocycles. The average Bonchev–Trinajstić information content (AvgIpc) is 2.69. The van der Waals surface area contributed by atoms with Crippen LogP contribution in [0, 0.1) is 35.5 Å². The molecule has 0 unspecified atom stereocenters. The molecule has 146 valence electrons. The highest BCUT2D eigenvalue weighted by atomic mass is 19.1. The summed E-state index contributed by atoms with van der Waals surface area (Å²) in [6.07, 6.45) is 12.1. The van der Waals surface area contributed by atoms with E-state index in [0.29, 0.717) is 37.5 Å². The van der Waals surface area contributed by atoms with E-state index in [1.54, 1.807) is 0 Å². The lowest BCUT2D eigenvalue weighted by Crippen LogP contribution is -2.30. The second kappa shape index (κ2) is 9.77. The highest BCUT2D eigenvalue weighted by Gasteiger charge is 2.30. The van der Waals surface area contributed by atoms with Gasteiger partial charge in [-0.2, -0.15) is 0 Å². The van der Waals surface area contributed by atoms with Gasteiger partial charge in [0.1, 0.15) is 12.3 Å². The standard InChI is InChI=1S/C23H35FO2/c1-2-17-3-5-18(6-4-17)7-8-19-9-11-20(12-10-19)23(25)26-22-15-13-21(24)14-16-22/h17-22H,2-6,9-16H2,1H3. The zero-order chi connectivity index (χ0) is 18.4. The molecule has 0 aliphatic heterocycles. The summed E-state index contributed by atoms with van der Waals surface area (Å²) < 4.78 is 18.8. The van der Waals surface area contributed by atoms with Gasteiger partial charge < -0.3 is 4.74 Å². The highest BCUT2D eigenvalue weighted by Crippen LogP contribution is 2.33. The van der Waals surface area contributed by atoms with E-state index in [4.69, 9.17) is 4.74 Å². The maximum absolute atomic E-state index is 13.2. The predicted octanol–water partition coefficient (Wildman–Crippen LogP) is 5.84. The predicted molar refractivity (Wildman–Crippen MR) is 102 cm³/mol. The fraction of sp³-hybridized carbons (Fsp3) is 0.870. The van der Waals surface area contributed by atoms with Crippen LogP contribution in [0.4, 0.5) is 4.39 Å². The summed E-state index contributed by atoms with van der Waals surface area (Å²) in [5.41, 5.74) is 0. The van der Waals surface area contributed by atoms with Crippen LogP contribution in [-0.2, 0) is 9.53 Å². The molecule has 3 fully saturated rings. The number of ether oxygens (including phenoxy) is 1. The summed E-state index contributed by atoms with van der Waals surface area (Å²) in [7, 11) is 0. The summed E-state index contributed by atoms with van der Waals surface area (Å²) in [4.78, 5) is 12.4. The summed E-state index contributed by atoms with van der Waals surface area (Å²) in [5, 5.41) is 0. The molecule has 3 aliphatic rings. The molecule has 0 spiro atoms. The number of hydrogen-bond donors (Lipinski definition) is 0. The summed E-state index contributed by atoms with van der Waals surface area (Å²) in [6.45, 7) is 2.30. The van der Waals surface area contributed by atoms with E-state index in [2.05, 4.69) is 18.8 Å². The molecule has 0 atom stereocenters. The zero-order valence-corrected chi connectivity index (χ0v) is 16.4. The topological polar surface area (TPSA) is 26.3 Å². The first kappa shape index (κ1) is 19.7. The first-order valence-electron chi connectivity index (χ1n) is 11.0. The number of halogens is 1. The fourth-order valence-electron chi connectivity index (χ4n) is 4.82. The minimum Gasteiger partial charge on any atom is -0.462 e. The third-order valence-corrected chi connectivity index (χ3v) is 6.86. The number of carbonyl (C=O) groups is 1. The van der Waals surface area contributed by atoms with Crippen molar-refractivity contribution < 1.29 is 13.9 Å². The lowest BCUT2D eigenvalue weighted by Gasteiger charge is -2.29. The van der Waals surface area contributed by atoms with Gasteiger partial charge in [0.25, 0.3) is 0 Å². The van der Waals surface area contributed by atoms with E-state index < -0.39 is 6.17 Å². The molecule has 3 aliphatic carbocycles. The summed E-state index contributed by atoms with van der Waals surface area (Å²) >= 11 is 0. The minimum absolute atomic E-state index is 0.0381. The minimum atomic E-state index is -0.698. The molecule has 0 N–H and O–H groups in total. The molecule has 2 nitrogen and oxygen atoms in total. The summed E-state index contributed by atoms with van der Waals surface area (Å²) in [6, 6.07) is 0. The van der Waals surface area contributed by atoms with Gasteiger partial charge in [-0.3, -0.25) is 4.79 Å². The Bertz CT molecular complexity index is 496. The Balaban J connectivity index is 1.36. The van der Waals surface area contributed by atoms with Crippen molar-refractivity contribution in [2.24, 2.45) is 23.7 Å². The van der Waals surface area contributed by atoms with Gasteiger partial charge in [0, 0.05) is 11.8 Å². The monoisotopic (exact) mass is 362 g/mol. The lowest BCUT2D eigenvalue weighted by atomic mass is 9.79. The number of rotatable bonds is 3. The van der Waals surface area contributed by atoms with Crippen molar-refractivity contribution in [2.45, 2.75) is 103 Å². The van der Waals surface area contributed by atoms with Gasteiger partial charge >= 0.3 is 5.97 Å². The van der Waals surface area contributed by atoms with Gasteiger partial charge in [-0.1, -0.05) is 25.2 Å². The average molecular weight is 363 g/mol. The Morgan fingerprint density at radius 2 is 1.38 bits per heavy atom. The van der Waals surface area contributed by atoms with Crippen LogP contribution >= 0.6 is 0 Å². The van der Waals surface area contributed by atoms with Crippen molar-refractivity contribution in [3.8, 4) is 11.8 Å². The first-order valence-corrected chi connectivity index (χ1v) is 11.0. The van der Waals surface area contributed by atoms with Crippen LogP contribution in [0.1, 0.15) is 90.4 Å². The van der Waals surface area contributed by atoms with Gasteiger partial charge in [0.05, 0.1) is 5.92 Å². The van der Waals surface area contributed by atoms with E-state index in [-0.39, 0.29) is 18.0 Å². The van der Waals surface area contributed by atoms with Crippen LogP contribution < -0.4 is 0 Å². The van der Waals surface area contributed by atoms with Crippen LogP contribution in [0.3, 0.4) is 0 Å². The molecule has 0 amide bonds. The van der Waals surface area contributed by atoms with Crippen LogP contribution in [-0.4, -0.2) is 18.2 Å². The van der Waals surface area contributed by atoms with E-state index in [1.807, 2.05) is 0 Å². The molecular weight excluding hydrogens is 327 g/mol. The second-order valence-electron chi connectivity index (χ2n) is 8.77. The van der Waals surface area contributed by atoms with Crippen LogP contribution in [0.25, 0.3) is 0 Å². The molecule has 0 aromatic heterocycles. The Morgan fingerprint density at radius 3 is 1.92 bits per heavy atom. The van der Waals surface area contributed by atoms with Gasteiger partial charge in [-0.25, -0.2) is 4.39 Å². The molecule has 3 saturated carbocycles. The molecule has 0 heterocycles. The lowest BCUT2D eigenvalue weighted by molar-refractivity contribution is -0.157. The van der Waals surface area contributed by atoms with Gasteiger partial charge in [0.15, 0.2) is 0 Å². The van der Waals surface area contributed by atoms with Crippen LogP contribution in [0.5, 0.6) is 0 Å². The van der Waals surface area contributed by atoms with Crippen molar-refractivity contribution >= 4 is 5.97 Å². The second-order valence-corrected chi connectivity index (χ2v) is 8.77. The molecule has 26 heavy (non-hydrogen) atoms. The zero-order valence-electron chi connectivity index (χ0n) is 16.4. The quantitative estimate of drug-likeness (QED) is 0.466. The first-order chi connectivity index (χ1) is 12.6. The SMILES string of the molecule is CCC1CCC(C#CC2CCC(C(=O)OC3CCC(F)CC3)CC2)CC1. The van der Waals surface area contributed by atoms with E-state index in [0.717, 1.165) is 31.6 Å². The largest absolute Gasteiger partial charge is 0.462 e. The van der Waals surface area contributed by atoms with Gasteiger partial charge in [0.2, 0.25) is 0 Å². The normalized spacial score (nSPS) is 38.1. The Morgan fingerprint density at radius 1 is 0.846 bits per heavy atom. The van der Waals surface area contributed by atoms with Gasteiger partial charge in [-0.05, 0) is 83.0 Å². The van der Waals surface area contributed by atoms with Crippen molar-refractivity contribution in [1.82, 2.24) is 0 Å². The highest BCUT2D eigenvalue weighted by molar-refractivity contribution is 5.72. The summed E-state index contributed by atoms with van der Waals surface area (Å²) in [5.74, 6) is 9.06. The molecule has 0 aromatic rings. The molecule has 0 bridgehead atoms. The number of hydrogen-bond acceptors (Lipinski definition) is 2. The van der Waals surface area contributed by atoms with Crippen molar-refractivity contribution in [3.05, 3.63) is 0 Å². The van der Waals surface area contributed by atoms with Crippen LogP contribution in [0.2, 0.25) is 0 Å². The Labute approximate surface area is 158 Å². The van der Waals surface area contributed by atoms with Crippen molar-refractivity contribution in [3.63, 3.8) is 0 Å².